The molecule has 0 aliphatic heterocycles. The van der Waals surface area contributed by atoms with Crippen molar-refractivity contribution in [2.45, 2.75) is 64.1 Å². The summed E-state index contributed by atoms with van der Waals surface area (Å²) in [5.74, 6) is 1.64. The van der Waals surface area contributed by atoms with E-state index in [0.29, 0.717) is 18.7 Å². The van der Waals surface area contributed by atoms with Crippen LogP contribution in [0.2, 0.25) is 0 Å². The van der Waals surface area contributed by atoms with Gasteiger partial charge in [-0.05, 0) is 52.2 Å². The molecule has 3 atom stereocenters. The van der Waals surface area contributed by atoms with Crippen LogP contribution >= 0.6 is 0 Å². The predicted octanol–water partition coefficient (Wildman–Crippen LogP) is 1.68. The number of carbonyl (C=O) groups is 1. The van der Waals surface area contributed by atoms with Crippen LogP contribution in [-0.2, 0) is 0 Å². The number of rotatable bonds is 4. The average Bonchev–Trinajstić information content (AvgIpc) is 2.99. The van der Waals surface area contributed by atoms with E-state index in [4.69, 9.17) is 0 Å². The fourth-order valence-electron chi connectivity index (χ4n) is 3.38. The number of aromatic nitrogens is 4. The van der Waals surface area contributed by atoms with Crippen LogP contribution in [0.3, 0.4) is 0 Å². The number of aliphatic hydroxyl groups is 1. The summed E-state index contributed by atoms with van der Waals surface area (Å²) in [5, 5.41) is 20.5. The number of urea groups is 1. The molecule has 1 fully saturated rings. The molecule has 3 rings (SSSR count). The molecule has 2 aromatic rings. The van der Waals surface area contributed by atoms with Crippen LogP contribution in [0.5, 0.6) is 0 Å². The van der Waals surface area contributed by atoms with E-state index in [2.05, 4.69) is 25.7 Å². The van der Waals surface area contributed by atoms with Gasteiger partial charge in [-0.1, -0.05) is 0 Å². The lowest BCUT2D eigenvalue weighted by molar-refractivity contribution is 0.0851. The highest BCUT2D eigenvalue weighted by Crippen LogP contribution is 2.33. The molecule has 1 saturated carbocycles. The zero-order valence-corrected chi connectivity index (χ0v) is 15.4. The number of aryl methyl sites for hydroxylation is 1. The van der Waals surface area contributed by atoms with Crippen molar-refractivity contribution in [3.05, 3.63) is 36.2 Å². The topological polar surface area (TPSA) is 105 Å². The first-order valence-corrected chi connectivity index (χ1v) is 9.03. The summed E-state index contributed by atoms with van der Waals surface area (Å²) in [6, 6.07) is 3.28. The molecule has 2 amide bonds. The Morgan fingerprint density at radius 1 is 1.38 bits per heavy atom. The van der Waals surface area contributed by atoms with Gasteiger partial charge in [-0.15, -0.1) is 0 Å². The molecule has 0 aromatic carbocycles. The first kappa shape index (κ1) is 18.3. The van der Waals surface area contributed by atoms with Gasteiger partial charge in [0, 0.05) is 18.2 Å². The summed E-state index contributed by atoms with van der Waals surface area (Å²) >= 11 is 0. The first-order chi connectivity index (χ1) is 12.4. The molecule has 26 heavy (non-hydrogen) atoms. The Morgan fingerprint density at radius 3 is 2.88 bits per heavy atom. The van der Waals surface area contributed by atoms with E-state index in [-0.39, 0.29) is 24.0 Å². The van der Waals surface area contributed by atoms with Gasteiger partial charge in [0.2, 0.25) is 0 Å². The Labute approximate surface area is 153 Å². The van der Waals surface area contributed by atoms with Crippen LogP contribution in [-0.4, -0.2) is 49.1 Å². The van der Waals surface area contributed by atoms with E-state index in [1.54, 1.807) is 12.4 Å². The van der Waals surface area contributed by atoms with Crippen molar-refractivity contribution >= 4 is 6.03 Å². The van der Waals surface area contributed by atoms with Crippen molar-refractivity contribution in [3.63, 3.8) is 0 Å². The molecule has 0 radical (unpaired) electrons. The summed E-state index contributed by atoms with van der Waals surface area (Å²) < 4.78 is 1.82. The van der Waals surface area contributed by atoms with E-state index >= 15 is 0 Å². The number of aliphatic hydroxyl groups excluding tert-OH is 1. The Kier molecular flexibility index (Phi) is 5.51. The van der Waals surface area contributed by atoms with Crippen LogP contribution in [0.4, 0.5) is 4.79 Å². The quantitative estimate of drug-likeness (QED) is 0.771. The predicted molar refractivity (Wildman–Crippen MR) is 97.1 cm³/mol. The van der Waals surface area contributed by atoms with Gasteiger partial charge in [-0.3, -0.25) is 4.98 Å². The zero-order valence-electron chi connectivity index (χ0n) is 15.4. The lowest BCUT2D eigenvalue weighted by atomic mass is 9.83. The van der Waals surface area contributed by atoms with Crippen LogP contribution in [0.25, 0.3) is 5.69 Å². The number of amides is 2. The van der Waals surface area contributed by atoms with E-state index in [9.17, 15) is 9.90 Å². The van der Waals surface area contributed by atoms with Crippen molar-refractivity contribution in [1.82, 2.24) is 30.4 Å². The second-order valence-electron chi connectivity index (χ2n) is 7.10. The average molecular weight is 358 g/mol. The van der Waals surface area contributed by atoms with Crippen molar-refractivity contribution in [3.8, 4) is 5.69 Å². The molecule has 3 N–H and O–H groups in total. The van der Waals surface area contributed by atoms with Crippen LogP contribution in [0.15, 0.2) is 24.5 Å². The standard InChI is InChI=1S/C18H26N6O2/c1-11(2)20-18(26)22-15-9-13(6-7-16(15)25)17-21-12(3)23-24(17)14-5-4-8-19-10-14/h4-5,8,10-11,13,15-16,25H,6-7,9H2,1-3H3,(H2,20,22,26)/t13-,15+,16+/m0/s1. The van der Waals surface area contributed by atoms with Gasteiger partial charge in [0.1, 0.15) is 11.6 Å². The Morgan fingerprint density at radius 2 is 2.19 bits per heavy atom. The molecule has 1 aliphatic rings. The summed E-state index contributed by atoms with van der Waals surface area (Å²) in [6.07, 6.45) is 4.93. The third-order valence-electron chi connectivity index (χ3n) is 4.54. The molecule has 0 unspecified atom stereocenters. The minimum atomic E-state index is -0.556. The first-order valence-electron chi connectivity index (χ1n) is 9.03. The molecule has 8 nitrogen and oxygen atoms in total. The molecular weight excluding hydrogens is 332 g/mol. The van der Waals surface area contributed by atoms with Gasteiger partial charge in [0.25, 0.3) is 0 Å². The van der Waals surface area contributed by atoms with E-state index < -0.39 is 6.10 Å². The van der Waals surface area contributed by atoms with Gasteiger partial charge in [-0.2, -0.15) is 5.10 Å². The van der Waals surface area contributed by atoms with Crippen LogP contribution in [0.1, 0.15) is 50.7 Å². The van der Waals surface area contributed by atoms with E-state index in [1.807, 2.05) is 37.6 Å². The second kappa shape index (κ2) is 7.82. The lowest BCUT2D eigenvalue weighted by Crippen LogP contribution is -2.51. The van der Waals surface area contributed by atoms with Gasteiger partial charge in [0.05, 0.1) is 24.0 Å². The lowest BCUT2D eigenvalue weighted by Gasteiger charge is -2.33. The fraction of sp³-hybridized carbons (Fsp3) is 0.556. The highest BCUT2D eigenvalue weighted by atomic mass is 16.3. The third-order valence-corrected chi connectivity index (χ3v) is 4.54. The summed E-state index contributed by atoms with van der Waals surface area (Å²) in [5.41, 5.74) is 0.858. The largest absolute Gasteiger partial charge is 0.391 e. The minimum absolute atomic E-state index is 0.0443. The van der Waals surface area contributed by atoms with E-state index in [0.717, 1.165) is 17.9 Å². The Hall–Kier alpha value is -2.48. The van der Waals surface area contributed by atoms with Gasteiger partial charge in [0.15, 0.2) is 0 Å². The van der Waals surface area contributed by atoms with Crippen molar-refractivity contribution in [1.29, 1.82) is 0 Å². The zero-order chi connectivity index (χ0) is 18.7. The molecule has 2 heterocycles. The van der Waals surface area contributed by atoms with Crippen molar-refractivity contribution in [2.75, 3.05) is 0 Å². The van der Waals surface area contributed by atoms with Gasteiger partial charge >= 0.3 is 6.03 Å². The number of nitrogens with zero attached hydrogens (tertiary/aromatic N) is 4. The maximum absolute atomic E-state index is 12.0. The molecular formula is C18H26N6O2. The number of carbonyl (C=O) groups excluding carboxylic acids is 1. The molecule has 2 aromatic heterocycles. The SMILES string of the molecule is Cc1nc([C@H]2CC[C@@H](O)[C@H](NC(=O)NC(C)C)C2)n(-c2cccnc2)n1. The third kappa shape index (κ3) is 4.19. The Balaban J connectivity index is 1.79. The minimum Gasteiger partial charge on any atom is -0.391 e. The van der Waals surface area contributed by atoms with Crippen molar-refractivity contribution in [2.24, 2.45) is 0 Å². The molecule has 8 heteroatoms. The summed E-state index contributed by atoms with van der Waals surface area (Å²) in [6.45, 7) is 5.66. The smallest absolute Gasteiger partial charge is 0.315 e. The van der Waals surface area contributed by atoms with E-state index in [1.165, 1.54) is 0 Å². The number of hydrogen-bond acceptors (Lipinski definition) is 5. The molecule has 0 spiro atoms. The summed E-state index contributed by atoms with van der Waals surface area (Å²) in [7, 11) is 0. The highest BCUT2D eigenvalue weighted by Gasteiger charge is 2.34. The van der Waals surface area contributed by atoms with Crippen LogP contribution in [0, 0.1) is 6.92 Å². The second-order valence-corrected chi connectivity index (χ2v) is 7.10. The van der Waals surface area contributed by atoms with Crippen LogP contribution < -0.4 is 10.6 Å². The monoisotopic (exact) mass is 358 g/mol. The van der Waals surface area contributed by atoms with Gasteiger partial charge < -0.3 is 15.7 Å². The maximum atomic E-state index is 12.0. The van der Waals surface area contributed by atoms with Crippen molar-refractivity contribution < 1.29 is 9.90 Å². The number of nitrogens with one attached hydrogen (secondary N) is 2. The maximum Gasteiger partial charge on any atom is 0.315 e. The summed E-state index contributed by atoms with van der Waals surface area (Å²) in [4.78, 5) is 20.8. The molecule has 1 aliphatic carbocycles. The van der Waals surface area contributed by atoms with Gasteiger partial charge in [-0.25, -0.2) is 14.5 Å². The normalized spacial score (nSPS) is 23.0. The highest BCUT2D eigenvalue weighted by molar-refractivity contribution is 5.74. The number of hydrogen-bond donors (Lipinski definition) is 3. The molecule has 140 valence electrons. The Bertz CT molecular complexity index is 745. The molecule has 0 saturated heterocycles. The molecule has 0 bridgehead atoms. The fourth-order valence-corrected chi connectivity index (χ4v) is 3.38. The number of pyridine rings is 1.